The van der Waals surface area contributed by atoms with Crippen molar-refractivity contribution < 1.29 is 5.11 Å². The Morgan fingerprint density at radius 3 is 2.83 bits per heavy atom. The molecule has 0 fully saturated rings. The van der Waals surface area contributed by atoms with Gasteiger partial charge in [0.1, 0.15) is 0 Å². The van der Waals surface area contributed by atoms with E-state index in [1.165, 1.54) is 24.0 Å². The van der Waals surface area contributed by atoms with Gasteiger partial charge in [-0.15, -0.1) is 0 Å². The Labute approximate surface area is 114 Å². The predicted molar refractivity (Wildman–Crippen MR) is 77.4 cm³/mol. The predicted octanol–water partition coefficient (Wildman–Crippen LogP) is 4.01. The molecule has 1 N–H and O–H groups in total. The normalized spacial score (nSPS) is 13.7. The van der Waals surface area contributed by atoms with Gasteiger partial charge in [-0.25, -0.2) is 0 Å². The van der Waals surface area contributed by atoms with Gasteiger partial charge in [0.2, 0.25) is 0 Å². The summed E-state index contributed by atoms with van der Waals surface area (Å²) in [6.45, 7) is 5.67. The first-order valence-corrected chi connectivity index (χ1v) is 7.28. The molecule has 3 heteroatoms. The Kier molecular flexibility index (Phi) is 5.58. The van der Waals surface area contributed by atoms with Crippen LogP contribution in [0.5, 0.6) is 0 Å². The fraction of sp³-hybridized carbons (Fsp3) is 0.533. The van der Waals surface area contributed by atoms with E-state index in [2.05, 4.69) is 23.8 Å². The van der Waals surface area contributed by atoms with Crippen LogP contribution in [0.4, 0.5) is 0 Å². The minimum Gasteiger partial charge on any atom is -0.387 e. The maximum absolute atomic E-state index is 9.94. The second-order valence-corrected chi connectivity index (χ2v) is 5.84. The second kappa shape index (κ2) is 6.72. The van der Waals surface area contributed by atoms with Crippen LogP contribution in [-0.4, -0.2) is 11.2 Å². The Morgan fingerprint density at radius 1 is 1.50 bits per heavy atom. The summed E-state index contributed by atoms with van der Waals surface area (Å²) in [6, 6.07) is 2.12. The first-order valence-electron chi connectivity index (χ1n) is 6.34. The highest BCUT2D eigenvalue weighted by molar-refractivity contribution is 7.08. The Hall–Kier alpha value is -1.11. The van der Waals surface area contributed by atoms with Gasteiger partial charge in [-0.1, -0.05) is 25.5 Å². The Balaban J connectivity index is 2.73. The van der Waals surface area contributed by atoms with E-state index in [0.717, 1.165) is 6.42 Å². The molecule has 0 spiro atoms. The number of thiophene rings is 1. The van der Waals surface area contributed by atoms with Gasteiger partial charge in [0, 0.05) is 0 Å². The second-order valence-electron chi connectivity index (χ2n) is 5.09. The number of aryl methyl sites for hydroxylation is 1. The molecule has 18 heavy (non-hydrogen) atoms. The van der Waals surface area contributed by atoms with Gasteiger partial charge in [0.05, 0.1) is 17.6 Å². The van der Waals surface area contributed by atoms with Gasteiger partial charge >= 0.3 is 0 Å². The zero-order chi connectivity index (χ0) is 13.6. The van der Waals surface area contributed by atoms with E-state index >= 15 is 0 Å². The molecule has 0 saturated carbocycles. The lowest BCUT2D eigenvalue weighted by atomic mass is 9.88. The number of aliphatic hydroxyl groups excluding tert-OH is 1. The van der Waals surface area contributed by atoms with Crippen molar-refractivity contribution in [1.29, 1.82) is 5.26 Å². The van der Waals surface area contributed by atoms with Gasteiger partial charge in [-0.3, -0.25) is 0 Å². The van der Waals surface area contributed by atoms with Crippen molar-refractivity contribution in [3.05, 3.63) is 28.0 Å². The van der Waals surface area contributed by atoms with Crippen LogP contribution in [0.15, 0.2) is 16.8 Å². The zero-order valence-electron chi connectivity index (χ0n) is 11.3. The summed E-state index contributed by atoms with van der Waals surface area (Å²) < 4.78 is 0. The molecule has 98 valence electrons. The van der Waals surface area contributed by atoms with E-state index in [9.17, 15) is 5.11 Å². The molecule has 2 nitrogen and oxygen atoms in total. The standard InChI is InChI=1S/C15H21NOS/c1-4-5-6-12-9-18-10-13(12)7-8-14(17)15(2,3)11-16/h7-10,14,17H,4-6H2,1-3H3/b8-7+. The van der Waals surface area contributed by atoms with Crippen molar-refractivity contribution in [3.8, 4) is 6.07 Å². The van der Waals surface area contributed by atoms with Crippen LogP contribution >= 0.6 is 11.3 Å². The first kappa shape index (κ1) is 14.9. The molecule has 1 heterocycles. The fourth-order valence-corrected chi connectivity index (χ4v) is 2.41. The molecule has 1 aromatic heterocycles. The van der Waals surface area contributed by atoms with Crippen LogP contribution in [0.1, 0.15) is 44.7 Å². The number of nitrogens with zero attached hydrogens (tertiary/aromatic N) is 1. The molecule has 0 saturated heterocycles. The summed E-state index contributed by atoms with van der Waals surface area (Å²) in [5.41, 5.74) is 1.76. The van der Waals surface area contributed by atoms with Gasteiger partial charge in [0.15, 0.2) is 0 Å². The molecular formula is C15H21NOS. The van der Waals surface area contributed by atoms with Crippen LogP contribution in [0, 0.1) is 16.7 Å². The van der Waals surface area contributed by atoms with Crippen molar-refractivity contribution in [2.75, 3.05) is 0 Å². The maximum atomic E-state index is 9.94. The number of hydrogen-bond donors (Lipinski definition) is 1. The minimum atomic E-state index is -0.740. The van der Waals surface area contributed by atoms with Crippen molar-refractivity contribution in [2.24, 2.45) is 5.41 Å². The number of unbranched alkanes of at least 4 members (excludes halogenated alkanes) is 1. The van der Waals surface area contributed by atoms with E-state index in [4.69, 9.17) is 5.26 Å². The van der Waals surface area contributed by atoms with E-state index < -0.39 is 11.5 Å². The van der Waals surface area contributed by atoms with Crippen LogP contribution in [0.2, 0.25) is 0 Å². The van der Waals surface area contributed by atoms with Crippen molar-refractivity contribution in [1.82, 2.24) is 0 Å². The van der Waals surface area contributed by atoms with Crippen molar-refractivity contribution in [3.63, 3.8) is 0 Å². The largest absolute Gasteiger partial charge is 0.387 e. The minimum absolute atomic E-state index is 0.735. The summed E-state index contributed by atoms with van der Waals surface area (Å²) in [5, 5.41) is 23.1. The summed E-state index contributed by atoms with van der Waals surface area (Å²) >= 11 is 1.68. The Bertz CT molecular complexity index is 440. The van der Waals surface area contributed by atoms with Crippen LogP contribution in [0.25, 0.3) is 6.08 Å². The quantitative estimate of drug-likeness (QED) is 0.842. The average molecular weight is 263 g/mol. The molecule has 1 unspecified atom stereocenters. The molecule has 1 aromatic rings. The summed E-state index contributed by atoms with van der Waals surface area (Å²) in [5.74, 6) is 0. The molecule has 0 aromatic carbocycles. The molecule has 0 amide bonds. The molecule has 0 aliphatic carbocycles. The summed E-state index contributed by atoms with van der Waals surface area (Å²) in [4.78, 5) is 0. The lowest BCUT2D eigenvalue weighted by Crippen LogP contribution is -2.25. The van der Waals surface area contributed by atoms with Crippen molar-refractivity contribution in [2.45, 2.75) is 46.1 Å². The highest BCUT2D eigenvalue weighted by atomic mass is 32.1. The number of rotatable bonds is 6. The van der Waals surface area contributed by atoms with E-state index in [1.807, 2.05) is 6.08 Å². The van der Waals surface area contributed by atoms with Crippen LogP contribution < -0.4 is 0 Å². The number of hydrogen-bond acceptors (Lipinski definition) is 3. The summed E-state index contributed by atoms with van der Waals surface area (Å²) in [7, 11) is 0. The van der Waals surface area contributed by atoms with E-state index in [-0.39, 0.29) is 0 Å². The van der Waals surface area contributed by atoms with Gasteiger partial charge in [0.25, 0.3) is 0 Å². The smallest absolute Gasteiger partial charge is 0.0905 e. The third-order valence-electron chi connectivity index (χ3n) is 3.06. The number of aliphatic hydroxyl groups is 1. The van der Waals surface area contributed by atoms with Gasteiger partial charge < -0.3 is 5.11 Å². The molecule has 1 rings (SSSR count). The highest BCUT2D eigenvalue weighted by Gasteiger charge is 2.25. The van der Waals surface area contributed by atoms with Crippen LogP contribution in [0.3, 0.4) is 0 Å². The highest BCUT2D eigenvalue weighted by Crippen LogP contribution is 2.23. The third-order valence-corrected chi connectivity index (χ3v) is 3.87. The average Bonchev–Trinajstić information content (AvgIpc) is 2.80. The summed E-state index contributed by atoms with van der Waals surface area (Å²) in [6.07, 6.45) is 6.37. The topological polar surface area (TPSA) is 44.0 Å². The lowest BCUT2D eigenvalue weighted by molar-refractivity contribution is 0.132. The molecule has 0 bridgehead atoms. The monoisotopic (exact) mass is 263 g/mol. The number of nitriles is 1. The SMILES string of the molecule is CCCCc1cscc1/C=C/C(O)C(C)(C)C#N. The zero-order valence-corrected chi connectivity index (χ0v) is 12.1. The molecule has 1 atom stereocenters. The third kappa shape index (κ3) is 3.97. The molecule has 0 aliphatic rings. The molecule has 0 aliphatic heterocycles. The van der Waals surface area contributed by atoms with E-state index in [1.54, 1.807) is 31.3 Å². The first-order chi connectivity index (χ1) is 8.51. The van der Waals surface area contributed by atoms with Gasteiger partial charge in [-0.2, -0.15) is 16.6 Å². The fourth-order valence-electron chi connectivity index (χ4n) is 1.55. The van der Waals surface area contributed by atoms with Crippen LogP contribution in [-0.2, 0) is 6.42 Å². The van der Waals surface area contributed by atoms with E-state index in [0.29, 0.717) is 0 Å². The lowest BCUT2D eigenvalue weighted by Gasteiger charge is -2.19. The molecule has 0 radical (unpaired) electrons. The van der Waals surface area contributed by atoms with Gasteiger partial charge in [-0.05, 0) is 48.6 Å². The molecular weight excluding hydrogens is 242 g/mol. The van der Waals surface area contributed by atoms with Crippen molar-refractivity contribution >= 4 is 17.4 Å². The maximum Gasteiger partial charge on any atom is 0.0905 e. The Morgan fingerprint density at radius 2 is 2.22 bits per heavy atom.